The Balaban J connectivity index is 2.09. The largest absolute Gasteiger partial charge is 0.396 e. The maximum absolute atomic E-state index is 8.73. The molecule has 6 heteroatoms. The molecule has 0 saturated carbocycles. The van der Waals surface area contributed by atoms with Gasteiger partial charge >= 0.3 is 0 Å². The molecule has 2 atom stereocenters. The summed E-state index contributed by atoms with van der Waals surface area (Å²) in [5.41, 5.74) is 0. The van der Waals surface area contributed by atoms with Crippen LogP contribution in [-0.4, -0.2) is 68.4 Å². The summed E-state index contributed by atoms with van der Waals surface area (Å²) in [4.78, 5) is 0. The molecule has 1 aliphatic rings. The molecule has 0 aliphatic carbocycles. The van der Waals surface area contributed by atoms with Crippen molar-refractivity contribution in [3.8, 4) is 0 Å². The first kappa shape index (κ1) is 15.4. The molecule has 0 radical (unpaired) electrons. The molecule has 0 amide bonds. The van der Waals surface area contributed by atoms with E-state index in [1.165, 1.54) is 23.0 Å². The van der Waals surface area contributed by atoms with E-state index in [1.807, 2.05) is 23.5 Å². The van der Waals surface area contributed by atoms with Crippen LogP contribution in [0.3, 0.4) is 0 Å². The quantitative estimate of drug-likeness (QED) is 0.664. The minimum Gasteiger partial charge on any atom is -0.396 e. The maximum Gasteiger partial charge on any atom is 0.0521 e. The molecule has 16 heavy (non-hydrogen) atoms. The molecule has 1 saturated heterocycles. The summed E-state index contributed by atoms with van der Waals surface area (Å²) >= 11 is 7.88. The molecule has 1 fully saturated rings. The van der Waals surface area contributed by atoms with E-state index in [9.17, 15) is 0 Å². The van der Waals surface area contributed by atoms with Crippen molar-refractivity contribution in [3.63, 3.8) is 0 Å². The molecule has 0 aromatic carbocycles. The van der Waals surface area contributed by atoms with Crippen LogP contribution in [0.5, 0.6) is 0 Å². The van der Waals surface area contributed by atoms with Gasteiger partial charge in [-0.3, -0.25) is 0 Å². The number of rotatable bonds is 8. The van der Waals surface area contributed by atoms with Crippen molar-refractivity contribution in [1.82, 2.24) is 0 Å². The topological polar surface area (TPSA) is 40.5 Å². The van der Waals surface area contributed by atoms with Crippen molar-refractivity contribution in [2.75, 3.05) is 47.7 Å². The van der Waals surface area contributed by atoms with Crippen molar-refractivity contribution in [2.24, 2.45) is 0 Å². The molecule has 96 valence electrons. The van der Waals surface area contributed by atoms with Crippen LogP contribution in [0.25, 0.3) is 0 Å². The normalized spacial score (nSPS) is 25.9. The van der Waals surface area contributed by atoms with E-state index >= 15 is 0 Å². The van der Waals surface area contributed by atoms with Gasteiger partial charge in [0.25, 0.3) is 0 Å². The first-order chi connectivity index (χ1) is 7.86. The molecule has 0 aromatic rings. The van der Waals surface area contributed by atoms with E-state index in [4.69, 9.17) is 10.2 Å². The summed E-state index contributed by atoms with van der Waals surface area (Å²) in [6.07, 6.45) is 0. The van der Waals surface area contributed by atoms with E-state index in [2.05, 4.69) is 23.5 Å². The summed E-state index contributed by atoms with van der Waals surface area (Å²) < 4.78 is 0. The van der Waals surface area contributed by atoms with Crippen molar-refractivity contribution in [3.05, 3.63) is 0 Å². The van der Waals surface area contributed by atoms with Gasteiger partial charge in [-0.2, -0.15) is 47.0 Å². The molecule has 1 heterocycles. The average molecular weight is 301 g/mol. The van der Waals surface area contributed by atoms with Gasteiger partial charge in [0.05, 0.1) is 13.2 Å². The Morgan fingerprint density at radius 2 is 1.44 bits per heavy atom. The van der Waals surface area contributed by atoms with E-state index in [-0.39, 0.29) is 0 Å². The van der Waals surface area contributed by atoms with Crippen LogP contribution in [0.1, 0.15) is 0 Å². The average Bonchev–Trinajstić information content (AvgIpc) is 2.30. The fourth-order valence-corrected chi connectivity index (χ4v) is 6.92. The zero-order valence-corrected chi connectivity index (χ0v) is 12.6. The molecule has 2 nitrogen and oxygen atoms in total. The molecule has 1 aliphatic heterocycles. The van der Waals surface area contributed by atoms with Gasteiger partial charge in [-0.25, -0.2) is 0 Å². The number of aliphatic hydroxyl groups is 2. The van der Waals surface area contributed by atoms with Crippen LogP contribution >= 0.6 is 47.0 Å². The van der Waals surface area contributed by atoms with Crippen LogP contribution in [0.2, 0.25) is 0 Å². The van der Waals surface area contributed by atoms with Gasteiger partial charge in [0, 0.05) is 45.0 Å². The summed E-state index contributed by atoms with van der Waals surface area (Å²) in [6.45, 7) is 0.593. The minimum atomic E-state index is 0.297. The zero-order chi connectivity index (χ0) is 11.6. The standard InChI is InChI=1S/C10H20O2S4/c11-1-3-13-5-9-7-15-8-10(16-9)6-14-4-2-12/h9-12H,1-8H2. The smallest absolute Gasteiger partial charge is 0.0521 e. The summed E-state index contributed by atoms with van der Waals surface area (Å²) in [6, 6.07) is 0. The van der Waals surface area contributed by atoms with Crippen LogP contribution < -0.4 is 0 Å². The molecule has 2 N–H and O–H groups in total. The Morgan fingerprint density at radius 1 is 0.938 bits per heavy atom. The molecule has 0 spiro atoms. The minimum absolute atomic E-state index is 0.297. The van der Waals surface area contributed by atoms with Crippen LogP contribution in [-0.2, 0) is 0 Å². The lowest BCUT2D eigenvalue weighted by Crippen LogP contribution is -2.25. The third-order valence-electron chi connectivity index (χ3n) is 2.07. The monoisotopic (exact) mass is 300 g/mol. The third-order valence-corrected chi connectivity index (χ3v) is 7.85. The number of hydrogen-bond acceptors (Lipinski definition) is 6. The molecule has 2 unspecified atom stereocenters. The van der Waals surface area contributed by atoms with Crippen molar-refractivity contribution >= 4 is 47.0 Å². The van der Waals surface area contributed by atoms with Gasteiger partial charge in [-0.05, 0) is 0 Å². The molecular formula is C10H20O2S4. The molecule has 0 aromatic heterocycles. The lowest BCUT2D eigenvalue weighted by molar-refractivity contribution is 0.322. The highest BCUT2D eigenvalue weighted by Gasteiger charge is 2.22. The molecular weight excluding hydrogens is 280 g/mol. The predicted octanol–water partition coefficient (Wildman–Crippen LogP) is 1.65. The van der Waals surface area contributed by atoms with Crippen LogP contribution in [0, 0.1) is 0 Å². The Labute approximate surface area is 115 Å². The van der Waals surface area contributed by atoms with Crippen LogP contribution in [0.15, 0.2) is 0 Å². The van der Waals surface area contributed by atoms with Gasteiger partial charge in [-0.1, -0.05) is 0 Å². The van der Waals surface area contributed by atoms with E-state index in [1.54, 1.807) is 0 Å². The Kier molecular flexibility index (Phi) is 9.86. The van der Waals surface area contributed by atoms with Crippen molar-refractivity contribution in [1.29, 1.82) is 0 Å². The molecule has 1 rings (SSSR count). The SMILES string of the molecule is OCCSCC1CSCC(CSCCO)S1. The molecule has 0 bridgehead atoms. The van der Waals surface area contributed by atoms with Crippen LogP contribution in [0.4, 0.5) is 0 Å². The van der Waals surface area contributed by atoms with Crippen molar-refractivity contribution in [2.45, 2.75) is 10.5 Å². The van der Waals surface area contributed by atoms with Gasteiger partial charge in [-0.15, -0.1) is 0 Å². The fourth-order valence-electron chi connectivity index (χ4n) is 1.42. The summed E-state index contributed by atoms with van der Waals surface area (Å²) in [5.74, 6) is 6.57. The highest BCUT2D eigenvalue weighted by molar-refractivity contribution is 8.09. The zero-order valence-electron chi connectivity index (χ0n) is 9.34. The van der Waals surface area contributed by atoms with Gasteiger partial charge in [0.2, 0.25) is 0 Å². The summed E-state index contributed by atoms with van der Waals surface area (Å²) in [5, 5.41) is 19.0. The highest BCUT2D eigenvalue weighted by atomic mass is 32.2. The highest BCUT2D eigenvalue weighted by Crippen LogP contribution is 2.33. The van der Waals surface area contributed by atoms with E-state index in [0.29, 0.717) is 13.2 Å². The number of hydrogen-bond donors (Lipinski definition) is 2. The summed E-state index contributed by atoms with van der Waals surface area (Å²) in [7, 11) is 0. The fraction of sp³-hybridized carbons (Fsp3) is 1.00. The first-order valence-corrected chi connectivity index (χ1v) is 9.88. The maximum atomic E-state index is 8.73. The van der Waals surface area contributed by atoms with Gasteiger partial charge < -0.3 is 10.2 Å². The second-order valence-corrected chi connectivity index (χ2v) is 8.49. The van der Waals surface area contributed by atoms with E-state index in [0.717, 1.165) is 22.0 Å². The third kappa shape index (κ3) is 6.91. The first-order valence-electron chi connectivity index (χ1n) is 5.47. The Morgan fingerprint density at radius 3 is 1.88 bits per heavy atom. The predicted molar refractivity (Wildman–Crippen MR) is 81.3 cm³/mol. The van der Waals surface area contributed by atoms with Gasteiger partial charge in [0.1, 0.15) is 0 Å². The van der Waals surface area contributed by atoms with Crippen molar-refractivity contribution < 1.29 is 10.2 Å². The lowest BCUT2D eigenvalue weighted by atomic mass is 10.5. The van der Waals surface area contributed by atoms with Gasteiger partial charge in [0.15, 0.2) is 0 Å². The number of aliphatic hydroxyl groups excluding tert-OH is 2. The second kappa shape index (κ2) is 10.3. The van der Waals surface area contributed by atoms with E-state index < -0.39 is 0 Å². The Bertz CT molecular complexity index is 155. The Hall–Kier alpha value is 1.32. The number of thioether (sulfide) groups is 4. The second-order valence-electron chi connectivity index (χ2n) is 3.51. The lowest BCUT2D eigenvalue weighted by Gasteiger charge is -2.28.